The minimum atomic E-state index is 0.432. The van der Waals surface area contributed by atoms with Crippen LogP contribution in [0.1, 0.15) is 16.7 Å². The zero-order valence-electron chi connectivity index (χ0n) is 15.0. The number of nitrogens with one attached hydrogen (secondary N) is 1. The Morgan fingerprint density at radius 1 is 0.923 bits per heavy atom. The molecule has 3 aromatic rings. The Balaban J connectivity index is 1.70. The van der Waals surface area contributed by atoms with E-state index >= 15 is 0 Å². The molecule has 4 heteroatoms. The lowest BCUT2D eigenvalue weighted by Crippen LogP contribution is -2.01. The van der Waals surface area contributed by atoms with Gasteiger partial charge in [-0.25, -0.2) is 0 Å². The maximum Gasteiger partial charge on any atom is 0.125 e. The van der Waals surface area contributed by atoms with E-state index in [1.54, 1.807) is 13.3 Å². The molecular weight excluding hydrogens is 324 g/mol. The van der Waals surface area contributed by atoms with Crippen LogP contribution in [0.2, 0.25) is 0 Å². The summed E-state index contributed by atoms with van der Waals surface area (Å²) in [6, 6.07) is 23.7. The summed E-state index contributed by atoms with van der Waals surface area (Å²) in [5.74, 6) is 1.67. The maximum absolute atomic E-state index is 5.95. The Labute approximate surface area is 154 Å². The van der Waals surface area contributed by atoms with E-state index in [1.165, 1.54) is 0 Å². The smallest absolute Gasteiger partial charge is 0.125 e. The van der Waals surface area contributed by atoms with Crippen LogP contribution in [0.3, 0.4) is 0 Å². The molecule has 1 N–H and O–H groups in total. The average molecular weight is 346 g/mol. The molecule has 0 amide bonds. The Kier molecular flexibility index (Phi) is 5.88. The van der Waals surface area contributed by atoms with Crippen LogP contribution >= 0.6 is 0 Å². The SMILES string of the molecule is COc1ccc(C=NNc2ccccc2)cc1COc1ccccc1C. The van der Waals surface area contributed by atoms with E-state index in [1.807, 2.05) is 79.7 Å². The van der Waals surface area contributed by atoms with E-state index in [0.717, 1.165) is 33.9 Å². The Morgan fingerprint density at radius 3 is 2.46 bits per heavy atom. The van der Waals surface area contributed by atoms with Gasteiger partial charge in [0.25, 0.3) is 0 Å². The molecule has 0 saturated carbocycles. The Bertz CT molecular complexity index is 876. The number of hydrogen-bond donors (Lipinski definition) is 1. The first-order valence-electron chi connectivity index (χ1n) is 8.46. The van der Waals surface area contributed by atoms with E-state index < -0.39 is 0 Å². The second-order valence-electron chi connectivity index (χ2n) is 5.86. The molecule has 0 heterocycles. The lowest BCUT2D eigenvalue weighted by molar-refractivity contribution is 0.295. The second-order valence-corrected chi connectivity index (χ2v) is 5.86. The van der Waals surface area contributed by atoms with Gasteiger partial charge in [-0.15, -0.1) is 0 Å². The van der Waals surface area contributed by atoms with E-state index in [2.05, 4.69) is 10.5 Å². The highest BCUT2D eigenvalue weighted by atomic mass is 16.5. The molecule has 132 valence electrons. The van der Waals surface area contributed by atoms with Crippen molar-refractivity contribution in [1.82, 2.24) is 0 Å². The molecule has 0 bridgehead atoms. The third-order valence-corrected chi connectivity index (χ3v) is 3.96. The number of rotatable bonds is 7. The van der Waals surface area contributed by atoms with Gasteiger partial charge >= 0.3 is 0 Å². The third-order valence-electron chi connectivity index (χ3n) is 3.96. The Morgan fingerprint density at radius 2 is 1.69 bits per heavy atom. The molecule has 0 aliphatic heterocycles. The maximum atomic E-state index is 5.95. The van der Waals surface area contributed by atoms with Crippen LogP contribution in [0.5, 0.6) is 11.5 Å². The minimum Gasteiger partial charge on any atom is -0.496 e. The summed E-state index contributed by atoms with van der Waals surface area (Å²) in [6.07, 6.45) is 1.78. The molecule has 0 unspecified atom stereocenters. The van der Waals surface area contributed by atoms with Crippen LogP contribution in [0.15, 0.2) is 77.9 Å². The largest absolute Gasteiger partial charge is 0.496 e. The molecule has 0 aliphatic rings. The van der Waals surface area contributed by atoms with Crippen molar-refractivity contribution in [3.8, 4) is 11.5 Å². The van der Waals surface area contributed by atoms with E-state index in [-0.39, 0.29) is 0 Å². The molecule has 0 spiro atoms. The molecule has 3 aromatic carbocycles. The highest BCUT2D eigenvalue weighted by Gasteiger charge is 2.06. The summed E-state index contributed by atoms with van der Waals surface area (Å²) in [5.41, 5.74) is 7.01. The predicted molar refractivity (Wildman–Crippen MR) is 106 cm³/mol. The van der Waals surface area contributed by atoms with Crippen LogP contribution in [-0.2, 0) is 6.61 Å². The van der Waals surface area contributed by atoms with Gasteiger partial charge < -0.3 is 9.47 Å². The molecule has 0 aromatic heterocycles. The zero-order valence-corrected chi connectivity index (χ0v) is 15.0. The van der Waals surface area contributed by atoms with Crippen LogP contribution < -0.4 is 14.9 Å². The van der Waals surface area contributed by atoms with Crippen molar-refractivity contribution in [3.63, 3.8) is 0 Å². The number of anilines is 1. The summed E-state index contributed by atoms with van der Waals surface area (Å²) < 4.78 is 11.4. The number of benzene rings is 3. The van der Waals surface area contributed by atoms with Gasteiger partial charge in [0.2, 0.25) is 0 Å². The first kappa shape index (κ1) is 17.5. The van der Waals surface area contributed by atoms with Crippen molar-refractivity contribution >= 4 is 11.9 Å². The summed E-state index contributed by atoms with van der Waals surface area (Å²) in [7, 11) is 1.66. The molecule has 0 aliphatic carbocycles. The van der Waals surface area contributed by atoms with Crippen molar-refractivity contribution in [2.24, 2.45) is 5.10 Å². The van der Waals surface area contributed by atoms with E-state index in [0.29, 0.717) is 6.61 Å². The molecule has 26 heavy (non-hydrogen) atoms. The van der Waals surface area contributed by atoms with Crippen LogP contribution in [0.25, 0.3) is 0 Å². The standard InChI is InChI=1S/C22H22N2O2/c1-17-8-6-7-11-21(17)26-16-19-14-18(12-13-22(19)25-2)15-23-24-20-9-4-3-5-10-20/h3-15,24H,16H2,1-2H3. The fourth-order valence-corrected chi connectivity index (χ4v) is 2.56. The Hall–Kier alpha value is -3.27. The molecule has 0 saturated heterocycles. The van der Waals surface area contributed by atoms with Gasteiger partial charge in [-0.05, 0) is 54.4 Å². The zero-order chi connectivity index (χ0) is 18.2. The molecule has 0 radical (unpaired) electrons. The van der Waals surface area contributed by atoms with Gasteiger partial charge in [0, 0.05) is 5.56 Å². The molecule has 0 fully saturated rings. The number of nitrogens with zero attached hydrogens (tertiary/aromatic N) is 1. The summed E-state index contributed by atoms with van der Waals surface area (Å²) in [4.78, 5) is 0. The van der Waals surface area contributed by atoms with Crippen molar-refractivity contribution in [1.29, 1.82) is 0 Å². The monoisotopic (exact) mass is 346 g/mol. The molecule has 3 rings (SSSR count). The summed E-state index contributed by atoms with van der Waals surface area (Å²) in [5, 5.41) is 4.28. The van der Waals surface area contributed by atoms with Gasteiger partial charge in [-0.1, -0.05) is 36.4 Å². The predicted octanol–water partition coefficient (Wildman–Crippen LogP) is 5.03. The first-order chi connectivity index (χ1) is 12.8. The van der Waals surface area contributed by atoms with Gasteiger partial charge in [-0.2, -0.15) is 5.10 Å². The number of ether oxygens (including phenoxy) is 2. The first-order valence-corrected chi connectivity index (χ1v) is 8.46. The summed E-state index contributed by atoms with van der Waals surface area (Å²) >= 11 is 0. The van der Waals surface area contributed by atoms with Crippen molar-refractivity contribution in [2.45, 2.75) is 13.5 Å². The topological polar surface area (TPSA) is 42.8 Å². The van der Waals surface area contributed by atoms with Gasteiger partial charge in [-0.3, -0.25) is 5.43 Å². The third kappa shape index (κ3) is 4.63. The molecular formula is C22H22N2O2. The quantitative estimate of drug-likeness (QED) is 0.482. The second kappa shape index (κ2) is 8.72. The fourth-order valence-electron chi connectivity index (χ4n) is 2.56. The van der Waals surface area contributed by atoms with Gasteiger partial charge in [0.15, 0.2) is 0 Å². The number of para-hydroxylation sites is 2. The lowest BCUT2D eigenvalue weighted by Gasteiger charge is -2.12. The highest BCUT2D eigenvalue weighted by molar-refractivity contribution is 5.81. The van der Waals surface area contributed by atoms with E-state index in [4.69, 9.17) is 9.47 Å². The average Bonchev–Trinajstić information content (AvgIpc) is 2.68. The summed E-state index contributed by atoms with van der Waals surface area (Å²) in [6.45, 7) is 2.46. The van der Waals surface area contributed by atoms with Crippen LogP contribution in [-0.4, -0.2) is 13.3 Å². The van der Waals surface area contributed by atoms with Crippen molar-refractivity contribution in [2.75, 3.05) is 12.5 Å². The lowest BCUT2D eigenvalue weighted by atomic mass is 10.1. The normalized spacial score (nSPS) is 10.7. The van der Waals surface area contributed by atoms with Gasteiger partial charge in [0.05, 0.1) is 19.0 Å². The van der Waals surface area contributed by atoms with Crippen molar-refractivity contribution in [3.05, 3.63) is 89.5 Å². The van der Waals surface area contributed by atoms with Gasteiger partial charge in [0.1, 0.15) is 18.1 Å². The fraction of sp³-hybridized carbons (Fsp3) is 0.136. The molecule has 0 atom stereocenters. The number of methoxy groups -OCH3 is 1. The number of aryl methyl sites for hydroxylation is 1. The van der Waals surface area contributed by atoms with Crippen LogP contribution in [0.4, 0.5) is 5.69 Å². The van der Waals surface area contributed by atoms with Crippen molar-refractivity contribution < 1.29 is 9.47 Å². The number of hydrogen-bond acceptors (Lipinski definition) is 4. The number of hydrazone groups is 1. The van der Waals surface area contributed by atoms with Crippen LogP contribution in [0, 0.1) is 6.92 Å². The molecule has 4 nitrogen and oxygen atoms in total. The van der Waals surface area contributed by atoms with E-state index in [9.17, 15) is 0 Å². The minimum absolute atomic E-state index is 0.432. The highest BCUT2D eigenvalue weighted by Crippen LogP contribution is 2.23.